The minimum Gasteiger partial charge on any atom is -0.478 e. The average Bonchev–Trinajstić information content (AvgIpc) is 2.67. The first-order valence-electron chi connectivity index (χ1n) is 9.33. The molecule has 2 rings (SSSR count). The molecule has 0 bridgehead atoms. The first-order valence-corrected chi connectivity index (χ1v) is 9.33. The van der Waals surface area contributed by atoms with Crippen molar-refractivity contribution >= 4 is 17.7 Å². The van der Waals surface area contributed by atoms with Crippen LogP contribution in [0.15, 0.2) is 36.4 Å². The molecule has 0 saturated carbocycles. The molecular formula is C21H29NO5. The van der Waals surface area contributed by atoms with Crippen LogP contribution in [0.5, 0.6) is 0 Å². The van der Waals surface area contributed by atoms with Crippen molar-refractivity contribution in [2.75, 3.05) is 19.6 Å². The van der Waals surface area contributed by atoms with Crippen molar-refractivity contribution < 1.29 is 24.6 Å². The van der Waals surface area contributed by atoms with Crippen LogP contribution in [0.25, 0.3) is 0 Å². The highest BCUT2D eigenvalue weighted by molar-refractivity contribution is 5.97. The number of aliphatic carboxylic acids is 2. The van der Waals surface area contributed by atoms with Crippen molar-refractivity contribution in [3.63, 3.8) is 0 Å². The molecule has 1 aromatic rings. The summed E-state index contributed by atoms with van der Waals surface area (Å²) in [5, 5.41) is 15.6. The number of hydrogen-bond donors (Lipinski definition) is 2. The fourth-order valence-electron chi connectivity index (χ4n) is 2.94. The molecule has 1 aliphatic rings. The zero-order valence-electron chi connectivity index (χ0n) is 16.1. The summed E-state index contributed by atoms with van der Waals surface area (Å²) in [5.74, 6) is -2.13. The summed E-state index contributed by atoms with van der Waals surface area (Å²) >= 11 is 0. The second-order valence-electron chi connectivity index (χ2n) is 6.69. The molecule has 0 aliphatic carbocycles. The van der Waals surface area contributed by atoms with Crippen molar-refractivity contribution in [2.45, 2.75) is 39.5 Å². The minimum absolute atomic E-state index is 0.102. The van der Waals surface area contributed by atoms with Crippen LogP contribution in [0.1, 0.15) is 49.0 Å². The normalized spacial score (nSPS) is 15.6. The Balaban J connectivity index is 0.000000387. The molecule has 0 amide bonds. The monoisotopic (exact) mass is 375 g/mol. The molecule has 148 valence electrons. The van der Waals surface area contributed by atoms with Crippen LogP contribution < -0.4 is 0 Å². The maximum atomic E-state index is 12.4. The summed E-state index contributed by atoms with van der Waals surface area (Å²) in [5.41, 5.74) is 2.15. The lowest BCUT2D eigenvalue weighted by Gasteiger charge is -2.28. The number of carbonyl (C=O) groups excluding carboxylic acids is 1. The van der Waals surface area contributed by atoms with E-state index >= 15 is 0 Å². The summed E-state index contributed by atoms with van der Waals surface area (Å²) in [6, 6.07) is 8.10. The van der Waals surface area contributed by atoms with Gasteiger partial charge in [-0.2, -0.15) is 0 Å². The van der Waals surface area contributed by atoms with Gasteiger partial charge in [0.15, 0.2) is 5.78 Å². The molecule has 1 aromatic carbocycles. The third-order valence-electron chi connectivity index (χ3n) is 4.44. The second kappa shape index (κ2) is 12.0. The van der Waals surface area contributed by atoms with Crippen LogP contribution in [0.4, 0.5) is 0 Å². The zero-order chi connectivity index (χ0) is 20.2. The van der Waals surface area contributed by atoms with E-state index in [4.69, 9.17) is 10.2 Å². The van der Waals surface area contributed by atoms with Crippen LogP contribution in [0.2, 0.25) is 0 Å². The number of piperidine rings is 1. The number of Topliss-reactive ketones (excluding diaryl/α,β-unsaturated/α-hetero) is 1. The number of likely N-dealkylation sites (tertiary alicyclic amines) is 1. The van der Waals surface area contributed by atoms with E-state index in [1.807, 2.05) is 12.1 Å². The highest BCUT2D eigenvalue weighted by Gasteiger charge is 2.19. The topological polar surface area (TPSA) is 94.9 Å². The Bertz CT molecular complexity index is 629. The van der Waals surface area contributed by atoms with E-state index in [0.29, 0.717) is 12.2 Å². The molecule has 1 unspecified atom stereocenters. The van der Waals surface area contributed by atoms with E-state index in [9.17, 15) is 14.4 Å². The number of nitrogens with zero attached hydrogens (tertiary/aromatic N) is 1. The molecule has 0 radical (unpaired) electrons. The zero-order valence-corrected chi connectivity index (χ0v) is 16.1. The number of carboxylic acid groups (broad SMARTS) is 2. The minimum atomic E-state index is -1.26. The Kier molecular flexibility index (Phi) is 10.0. The molecule has 0 aromatic heterocycles. The Hall–Kier alpha value is -2.47. The summed E-state index contributed by atoms with van der Waals surface area (Å²) in [6.07, 6.45) is 6.05. The molecular weight excluding hydrogens is 346 g/mol. The van der Waals surface area contributed by atoms with E-state index in [-0.39, 0.29) is 11.7 Å². The molecule has 0 spiro atoms. The van der Waals surface area contributed by atoms with Crippen LogP contribution in [-0.4, -0.2) is 52.5 Å². The maximum Gasteiger partial charge on any atom is 0.328 e. The lowest BCUT2D eigenvalue weighted by molar-refractivity contribution is -0.134. The Morgan fingerprint density at radius 2 is 1.52 bits per heavy atom. The summed E-state index contributed by atoms with van der Waals surface area (Å²) in [6.45, 7) is 7.42. The number of aryl methyl sites for hydroxylation is 1. The lowest BCUT2D eigenvalue weighted by Crippen LogP contribution is -2.35. The molecule has 6 nitrogen and oxygen atoms in total. The third-order valence-corrected chi connectivity index (χ3v) is 4.44. The third kappa shape index (κ3) is 9.15. The molecule has 1 fully saturated rings. The van der Waals surface area contributed by atoms with Crippen LogP contribution in [0.3, 0.4) is 0 Å². The highest BCUT2D eigenvalue weighted by atomic mass is 16.4. The van der Waals surface area contributed by atoms with Crippen molar-refractivity contribution in [3.8, 4) is 0 Å². The summed E-state index contributed by atoms with van der Waals surface area (Å²) in [7, 11) is 0. The van der Waals surface area contributed by atoms with E-state index in [1.165, 1.54) is 24.8 Å². The van der Waals surface area contributed by atoms with Crippen molar-refractivity contribution in [3.05, 3.63) is 47.5 Å². The summed E-state index contributed by atoms with van der Waals surface area (Å²) in [4.78, 5) is 33.9. The predicted octanol–water partition coefficient (Wildman–Crippen LogP) is 3.27. The number of hydrogen-bond acceptors (Lipinski definition) is 4. The number of carbonyl (C=O) groups is 3. The van der Waals surface area contributed by atoms with E-state index in [1.54, 1.807) is 0 Å². The van der Waals surface area contributed by atoms with Gasteiger partial charge in [0.05, 0.1) is 0 Å². The number of ketones is 1. The average molecular weight is 375 g/mol. The first kappa shape index (κ1) is 22.6. The number of benzene rings is 1. The van der Waals surface area contributed by atoms with Gasteiger partial charge in [0.2, 0.25) is 0 Å². The van der Waals surface area contributed by atoms with Crippen molar-refractivity contribution in [1.29, 1.82) is 0 Å². The Labute approximate surface area is 160 Å². The van der Waals surface area contributed by atoms with Crippen LogP contribution in [-0.2, 0) is 16.0 Å². The fourth-order valence-corrected chi connectivity index (χ4v) is 2.94. The standard InChI is InChI=1S/C17H25NO.C4H4O4/c1-3-15-7-9-16(10-8-15)17(19)14(2)13-18-11-5-4-6-12-18;5-3(6)1-2-4(7)8/h7-10,14H,3-6,11-13H2,1-2H3;1-2H,(H,5,6)(H,7,8). The van der Waals surface area contributed by atoms with Crippen molar-refractivity contribution in [1.82, 2.24) is 4.90 Å². The molecule has 27 heavy (non-hydrogen) atoms. The lowest BCUT2D eigenvalue weighted by atomic mass is 9.97. The molecule has 1 atom stereocenters. The fraction of sp³-hybridized carbons (Fsp3) is 0.476. The Morgan fingerprint density at radius 1 is 1.00 bits per heavy atom. The van der Waals surface area contributed by atoms with Gasteiger partial charge in [0.25, 0.3) is 0 Å². The predicted molar refractivity (Wildman–Crippen MR) is 104 cm³/mol. The van der Waals surface area contributed by atoms with Gasteiger partial charge in [-0.3, -0.25) is 4.79 Å². The SMILES string of the molecule is CCc1ccc(C(=O)C(C)CN2CCCCC2)cc1.O=C(O)C=CC(=O)O. The molecule has 1 heterocycles. The van der Waals surface area contributed by atoms with Gasteiger partial charge in [0.1, 0.15) is 0 Å². The quantitative estimate of drug-likeness (QED) is 0.561. The van der Waals surface area contributed by atoms with E-state index in [2.05, 4.69) is 30.9 Å². The highest BCUT2D eigenvalue weighted by Crippen LogP contribution is 2.15. The Morgan fingerprint density at radius 3 is 1.96 bits per heavy atom. The van der Waals surface area contributed by atoms with Gasteiger partial charge >= 0.3 is 11.9 Å². The second-order valence-corrected chi connectivity index (χ2v) is 6.69. The molecule has 1 saturated heterocycles. The maximum absolute atomic E-state index is 12.4. The summed E-state index contributed by atoms with van der Waals surface area (Å²) < 4.78 is 0. The van der Waals surface area contributed by atoms with Crippen LogP contribution in [0, 0.1) is 5.92 Å². The van der Waals surface area contributed by atoms with Crippen LogP contribution >= 0.6 is 0 Å². The molecule has 2 N–H and O–H groups in total. The van der Waals surface area contributed by atoms with Crippen molar-refractivity contribution in [2.24, 2.45) is 5.92 Å². The number of rotatable bonds is 7. The number of carboxylic acids is 2. The van der Waals surface area contributed by atoms with E-state index in [0.717, 1.165) is 31.6 Å². The van der Waals surface area contributed by atoms with Gasteiger partial charge in [-0.15, -0.1) is 0 Å². The van der Waals surface area contributed by atoms with E-state index < -0.39 is 11.9 Å². The van der Waals surface area contributed by atoms with Gasteiger partial charge in [-0.1, -0.05) is 44.5 Å². The first-order chi connectivity index (χ1) is 12.8. The van der Waals surface area contributed by atoms with Gasteiger partial charge in [0, 0.05) is 30.2 Å². The smallest absolute Gasteiger partial charge is 0.328 e. The molecule has 6 heteroatoms. The van der Waals surface area contributed by atoms with Gasteiger partial charge < -0.3 is 15.1 Å². The van der Waals surface area contributed by atoms with Gasteiger partial charge in [-0.05, 0) is 37.9 Å². The largest absolute Gasteiger partial charge is 0.478 e. The van der Waals surface area contributed by atoms with Gasteiger partial charge in [-0.25, -0.2) is 9.59 Å². The molecule has 1 aliphatic heterocycles.